The maximum atomic E-state index is 11.5. The van der Waals surface area contributed by atoms with E-state index in [1.807, 2.05) is 6.07 Å². The minimum Gasteiger partial charge on any atom is -0.465 e. The molecule has 2 aromatic rings. The van der Waals surface area contributed by atoms with Gasteiger partial charge in [0.2, 0.25) is 0 Å². The van der Waals surface area contributed by atoms with Crippen LogP contribution >= 0.6 is 0 Å². The van der Waals surface area contributed by atoms with Gasteiger partial charge in [0, 0.05) is 6.42 Å². The number of benzene rings is 1. The number of carbonyl (C=O) groups is 1. The van der Waals surface area contributed by atoms with Gasteiger partial charge in [0.05, 0.1) is 30.3 Å². The minimum absolute atomic E-state index is 0.377. The Morgan fingerprint density at radius 3 is 3.06 bits per heavy atom. The van der Waals surface area contributed by atoms with Gasteiger partial charge >= 0.3 is 5.97 Å². The summed E-state index contributed by atoms with van der Waals surface area (Å²) in [5.74, 6) is -0.377. The second-order valence-corrected chi connectivity index (χ2v) is 3.72. The molecule has 0 saturated carbocycles. The van der Waals surface area contributed by atoms with E-state index in [2.05, 4.69) is 15.0 Å². The zero-order valence-electron chi connectivity index (χ0n) is 10.0. The summed E-state index contributed by atoms with van der Waals surface area (Å²) in [4.78, 5) is 11.5. The predicted molar refractivity (Wildman–Crippen MR) is 65.5 cm³/mol. The fraction of sp³-hybridized carbons (Fsp3) is 0.250. The molecule has 1 aromatic heterocycles. The number of aromatic nitrogens is 3. The van der Waals surface area contributed by atoms with E-state index in [1.165, 1.54) is 7.11 Å². The zero-order chi connectivity index (χ0) is 13.0. The third-order valence-electron chi connectivity index (χ3n) is 2.53. The molecule has 0 spiro atoms. The largest absolute Gasteiger partial charge is 0.465 e. The fourth-order valence-corrected chi connectivity index (χ4v) is 1.67. The summed E-state index contributed by atoms with van der Waals surface area (Å²) in [7, 11) is 1.35. The van der Waals surface area contributed by atoms with Crippen molar-refractivity contribution in [2.75, 3.05) is 13.7 Å². The van der Waals surface area contributed by atoms with Gasteiger partial charge in [-0.05, 0) is 24.7 Å². The Labute approximate surface area is 104 Å². The lowest BCUT2D eigenvalue weighted by Gasteiger charge is -2.06. The molecular weight excluding hydrogens is 232 g/mol. The maximum absolute atomic E-state index is 11.5. The van der Waals surface area contributed by atoms with E-state index in [0.717, 1.165) is 11.4 Å². The summed E-state index contributed by atoms with van der Waals surface area (Å²) in [6, 6.07) is 7.02. The van der Waals surface area contributed by atoms with Gasteiger partial charge in [0.1, 0.15) is 0 Å². The van der Waals surface area contributed by atoms with Crippen LogP contribution in [0.5, 0.6) is 0 Å². The van der Waals surface area contributed by atoms with Crippen molar-refractivity contribution in [1.29, 1.82) is 0 Å². The molecule has 1 aromatic carbocycles. The first-order chi connectivity index (χ1) is 8.76. The summed E-state index contributed by atoms with van der Waals surface area (Å²) in [5.41, 5.74) is 7.66. The number of hydrogen-bond donors (Lipinski definition) is 1. The number of nitrogens with two attached hydrogens (primary N) is 1. The summed E-state index contributed by atoms with van der Waals surface area (Å²) < 4.78 is 6.35. The Morgan fingerprint density at radius 2 is 2.33 bits per heavy atom. The lowest BCUT2D eigenvalue weighted by atomic mass is 10.2. The fourth-order valence-electron chi connectivity index (χ4n) is 1.67. The van der Waals surface area contributed by atoms with E-state index in [0.29, 0.717) is 18.5 Å². The molecule has 94 valence electrons. The van der Waals surface area contributed by atoms with Crippen molar-refractivity contribution in [2.45, 2.75) is 6.42 Å². The molecular formula is C12H14N4O2. The topological polar surface area (TPSA) is 83.0 Å². The van der Waals surface area contributed by atoms with Crippen LogP contribution in [0.1, 0.15) is 16.1 Å². The quantitative estimate of drug-likeness (QED) is 0.797. The van der Waals surface area contributed by atoms with Crippen LogP contribution in [0.4, 0.5) is 0 Å². The number of rotatable bonds is 4. The smallest absolute Gasteiger partial charge is 0.337 e. The number of esters is 1. The molecule has 0 saturated heterocycles. The van der Waals surface area contributed by atoms with Gasteiger partial charge in [-0.1, -0.05) is 11.3 Å². The summed E-state index contributed by atoms with van der Waals surface area (Å²) >= 11 is 0. The monoisotopic (exact) mass is 246 g/mol. The number of carbonyl (C=O) groups excluding carboxylic acids is 1. The van der Waals surface area contributed by atoms with Crippen molar-refractivity contribution in [2.24, 2.45) is 5.73 Å². The standard InChI is InChI=1S/C12H14N4O2/c1-18-12(17)9-3-2-4-10(7-9)16-11(5-6-13)8-14-15-16/h2-4,7-8H,5-6,13H2,1H3. The lowest BCUT2D eigenvalue weighted by molar-refractivity contribution is 0.0600. The molecule has 2 rings (SSSR count). The maximum Gasteiger partial charge on any atom is 0.337 e. The molecule has 0 aliphatic carbocycles. The van der Waals surface area contributed by atoms with Gasteiger partial charge in [0.15, 0.2) is 0 Å². The Kier molecular flexibility index (Phi) is 3.69. The highest BCUT2D eigenvalue weighted by atomic mass is 16.5. The molecule has 0 aliphatic heterocycles. The van der Waals surface area contributed by atoms with Gasteiger partial charge in [-0.2, -0.15) is 0 Å². The first kappa shape index (κ1) is 12.3. The van der Waals surface area contributed by atoms with Crippen molar-refractivity contribution in [3.63, 3.8) is 0 Å². The van der Waals surface area contributed by atoms with Crippen LogP contribution in [-0.4, -0.2) is 34.6 Å². The Balaban J connectivity index is 2.38. The summed E-state index contributed by atoms with van der Waals surface area (Å²) in [6.07, 6.45) is 2.34. The molecule has 18 heavy (non-hydrogen) atoms. The van der Waals surface area contributed by atoms with Crippen LogP contribution < -0.4 is 5.73 Å². The van der Waals surface area contributed by atoms with E-state index in [1.54, 1.807) is 29.1 Å². The molecule has 1 heterocycles. The van der Waals surface area contributed by atoms with Crippen molar-refractivity contribution < 1.29 is 9.53 Å². The first-order valence-corrected chi connectivity index (χ1v) is 5.54. The molecule has 0 aliphatic rings. The molecule has 0 amide bonds. The molecule has 0 atom stereocenters. The van der Waals surface area contributed by atoms with Crippen LogP contribution in [0.25, 0.3) is 5.69 Å². The third-order valence-corrected chi connectivity index (χ3v) is 2.53. The van der Waals surface area contributed by atoms with Crippen LogP contribution in [0.15, 0.2) is 30.5 Å². The predicted octanol–water partition coefficient (Wildman–Crippen LogP) is 0.555. The number of methoxy groups -OCH3 is 1. The molecule has 6 nitrogen and oxygen atoms in total. The van der Waals surface area contributed by atoms with Crippen molar-refractivity contribution in [3.8, 4) is 5.69 Å². The second kappa shape index (κ2) is 5.42. The van der Waals surface area contributed by atoms with Crippen LogP contribution in [0.2, 0.25) is 0 Å². The van der Waals surface area contributed by atoms with E-state index in [4.69, 9.17) is 5.73 Å². The van der Waals surface area contributed by atoms with Crippen molar-refractivity contribution in [3.05, 3.63) is 41.7 Å². The number of hydrogen-bond acceptors (Lipinski definition) is 5. The SMILES string of the molecule is COC(=O)c1cccc(-n2nncc2CCN)c1. The zero-order valence-corrected chi connectivity index (χ0v) is 10.0. The Hall–Kier alpha value is -2.21. The average molecular weight is 246 g/mol. The third kappa shape index (κ3) is 2.38. The lowest BCUT2D eigenvalue weighted by Crippen LogP contribution is -2.09. The molecule has 0 radical (unpaired) electrons. The molecule has 0 fully saturated rings. The summed E-state index contributed by atoms with van der Waals surface area (Å²) in [5, 5.41) is 7.84. The molecule has 6 heteroatoms. The van der Waals surface area contributed by atoms with E-state index < -0.39 is 0 Å². The van der Waals surface area contributed by atoms with Crippen LogP contribution in [0.3, 0.4) is 0 Å². The molecule has 2 N–H and O–H groups in total. The highest BCUT2D eigenvalue weighted by Crippen LogP contribution is 2.12. The van der Waals surface area contributed by atoms with Crippen LogP contribution in [-0.2, 0) is 11.2 Å². The molecule has 0 unspecified atom stereocenters. The first-order valence-electron chi connectivity index (χ1n) is 5.54. The van der Waals surface area contributed by atoms with E-state index >= 15 is 0 Å². The van der Waals surface area contributed by atoms with Gasteiger partial charge in [-0.15, -0.1) is 5.10 Å². The molecule has 0 bridgehead atoms. The number of nitrogens with zero attached hydrogens (tertiary/aromatic N) is 3. The van der Waals surface area contributed by atoms with E-state index in [9.17, 15) is 4.79 Å². The number of ether oxygens (including phenoxy) is 1. The average Bonchev–Trinajstić information content (AvgIpc) is 2.87. The second-order valence-electron chi connectivity index (χ2n) is 3.72. The normalized spacial score (nSPS) is 10.3. The van der Waals surface area contributed by atoms with Gasteiger partial charge in [-0.25, -0.2) is 9.48 Å². The Morgan fingerprint density at radius 1 is 1.50 bits per heavy atom. The summed E-state index contributed by atoms with van der Waals surface area (Å²) in [6.45, 7) is 0.518. The van der Waals surface area contributed by atoms with Gasteiger partial charge < -0.3 is 10.5 Å². The van der Waals surface area contributed by atoms with Crippen molar-refractivity contribution in [1.82, 2.24) is 15.0 Å². The van der Waals surface area contributed by atoms with Crippen molar-refractivity contribution >= 4 is 5.97 Å². The highest BCUT2D eigenvalue weighted by molar-refractivity contribution is 5.89. The van der Waals surface area contributed by atoms with Crippen LogP contribution in [0, 0.1) is 0 Å². The minimum atomic E-state index is -0.377. The van der Waals surface area contributed by atoms with Gasteiger partial charge in [0.25, 0.3) is 0 Å². The highest BCUT2D eigenvalue weighted by Gasteiger charge is 2.09. The van der Waals surface area contributed by atoms with Gasteiger partial charge in [-0.3, -0.25) is 0 Å². The Bertz CT molecular complexity index is 551. The van der Waals surface area contributed by atoms with E-state index in [-0.39, 0.29) is 5.97 Å².